The highest BCUT2D eigenvalue weighted by Crippen LogP contribution is 2.00. The third kappa shape index (κ3) is 3.16. The van der Waals surface area contributed by atoms with Crippen molar-refractivity contribution in [3.8, 4) is 0 Å². The van der Waals surface area contributed by atoms with Crippen molar-refractivity contribution in [2.75, 3.05) is 20.7 Å². The van der Waals surface area contributed by atoms with Crippen LogP contribution >= 0.6 is 0 Å². The fourth-order valence-corrected chi connectivity index (χ4v) is 1.69. The third-order valence-corrected chi connectivity index (χ3v) is 2.68. The number of hydrogen-bond donors (Lipinski definition) is 1. The summed E-state index contributed by atoms with van der Waals surface area (Å²) < 4.78 is 5.83. The Morgan fingerprint density at radius 2 is 2.37 bits per heavy atom. The van der Waals surface area contributed by atoms with Gasteiger partial charge in [-0.15, -0.1) is 0 Å². The number of aromatic amines is 1. The molecule has 8 nitrogen and oxygen atoms in total. The standard InChI is InChI=1S/C11H15N5O3/c1-15(4-3-10(18)19-2)6-8-5-9(17)16-11(14-8)12-7-13-16/h5,7H,3-4,6H2,1-2H3,(H,12,13,14). The Balaban J connectivity index is 2.04. The highest BCUT2D eigenvalue weighted by molar-refractivity contribution is 5.69. The normalized spacial score (nSPS) is 11.1. The van der Waals surface area contributed by atoms with Crippen molar-refractivity contribution in [3.63, 3.8) is 0 Å². The Morgan fingerprint density at radius 1 is 1.58 bits per heavy atom. The molecular weight excluding hydrogens is 250 g/mol. The first kappa shape index (κ1) is 13.2. The second-order valence-electron chi connectivity index (χ2n) is 4.17. The molecule has 2 heterocycles. The van der Waals surface area contributed by atoms with Gasteiger partial charge in [0.05, 0.1) is 19.2 Å². The van der Waals surface area contributed by atoms with Crippen LogP contribution < -0.4 is 5.56 Å². The molecule has 0 unspecified atom stereocenters. The number of carbonyl (C=O) groups excluding carboxylic acids is 1. The van der Waals surface area contributed by atoms with E-state index in [1.807, 2.05) is 11.9 Å². The molecule has 2 aromatic heterocycles. The van der Waals surface area contributed by atoms with Crippen LogP contribution in [0.1, 0.15) is 12.1 Å². The number of methoxy groups -OCH3 is 1. The zero-order chi connectivity index (χ0) is 13.8. The van der Waals surface area contributed by atoms with Crippen molar-refractivity contribution >= 4 is 11.7 Å². The molecule has 0 saturated carbocycles. The SMILES string of the molecule is COC(=O)CCN(C)Cc1cc(=O)n2[nH]cnc2n1. The minimum Gasteiger partial charge on any atom is -0.469 e. The van der Waals surface area contributed by atoms with Gasteiger partial charge in [0.15, 0.2) is 0 Å². The van der Waals surface area contributed by atoms with Crippen LogP contribution in [-0.2, 0) is 16.1 Å². The number of hydrogen-bond acceptors (Lipinski definition) is 6. The maximum absolute atomic E-state index is 11.7. The summed E-state index contributed by atoms with van der Waals surface area (Å²) in [6.07, 6.45) is 1.71. The van der Waals surface area contributed by atoms with Gasteiger partial charge in [-0.05, 0) is 7.05 Å². The van der Waals surface area contributed by atoms with Crippen LogP contribution in [-0.4, -0.2) is 51.2 Å². The smallest absolute Gasteiger partial charge is 0.306 e. The highest BCUT2D eigenvalue weighted by atomic mass is 16.5. The average molecular weight is 265 g/mol. The van der Waals surface area contributed by atoms with E-state index in [2.05, 4.69) is 19.8 Å². The van der Waals surface area contributed by atoms with Crippen LogP contribution in [0.5, 0.6) is 0 Å². The maximum atomic E-state index is 11.7. The fraction of sp³-hybridized carbons (Fsp3) is 0.455. The van der Waals surface area contributed by atoms with Gasteiger partial charge in [0.2, 0.25) is 0 Å². The van der Waals surface area contributed by atoms with Crippen molar-refractivity contribution in [2.45, 2.75) is 13.0 Å². The summed E-state index contributed by atoms with van der Waals surface area (Å²) in [5.74, 6) is 0.0755. The lowest BCUT2D eigenvalue weighted by molar-refractivity contribution is -0.140. The molecule has 0 radical (unpaired) electrons. The summed E-state index contributed by atoms with van der Waals surface area (Å²) in [5.41, 5.74) is 0.406. The van der Waals surface area contributed by atoms with E-state index in [1.165, 1.54) is 24.0 Å². The molecule has 0 aliphatic heterocycles. The van der Waals surface area contributed by atoms with Gasteiger partial charge in [-0.1, -0.05) is 0 Å². The van der Waals surface area contributed by atoms with Crippen LogP contribution in [0.15, 0.2) is 17.2 Å². The second kappa shape index (κ2) is 5.61. The molecule has 0 amide bonds. The van der Waals surface area contributed by atoms with Crippen LogP contribution in [0.4, 0.5) is 0 Å². The number of rotatable bonds is 5. The van der Waals surface area contributed by atoms with Crippen LogP contribution in [0.3, 0.4) is 0 Å². The largest absolute Gasteiger partial charge is 0.469 e. The molecular formula is C11H15N5O3. The number of ether oxygens (including phenoxy) is 1. The van der Waals surface area contributed by atoms with E-state index in [-0.39, 0.29) is 11.5 Å². The summed E-state index contributed by atoms with van der Waals surface area (Å²) in [6, 6.07) is 1.44. The molecule has 2 aromatic rings. The Bertz CT molecular complexity index is 633. The van der Waals surface area contributed by atoms with Crippen LogP contribution in [0.2, 0.25) is 0 Å². The molecule has 0 aliphatic carbocycles. The van der Waals surface area contributed by atoms with Crippen LogP contribution in [0.25, 0.3) is 5.78 Å². The number of nitrogens with zero attached hydrogens (tertiary/aromatic N) is 4. The second-order valence-corrected chi connectivity index (χ2v) is 4.17. The van der Waals surface area contributed by atoms with E-state index in [0.717, 1.165) is 0 Å². The predicted octanol–water partition coefficient (Wildman–Crippen LogP) is -0.587. The number of carbonyl (C=O) groups is 1. The molecule has 0 aliphatic rings. The fourth-order valence-electron chi connectivity index (χ4n) is 1.69. The van der Waals surface area contributed by atoms with Crippen molar-refractivity contribution < 1.29 is 9.53 Å². The lowest BCUT2D eigenvalue weighted by Gasteiger charge is -2.14. The van der Waals surface area contributed by atoms with Crippen molar-refractivity contribution in [2.24, 2.45) is 0 Å². The molecule has 0 fully saturated rings. The van der Waals surface area contributed by atoms with Gasteiger partial charge >= 0.3 is 5.97 Å². The third-order valence-electron chi connectivity index (χ3n) is 2.68. The number of fused-ring (bicyclic) bond motifs is 1. The molecule has 1 N–H and O–H groups in total. The monoisotopic (exact) mass is 265 g/mol. The molecule has 0 bridgehead atoms. The molecule has 0 spiro atoms. The molecule has 19 heavy (non-hydrogen) atoms. The topological polar surface area (TPSA) is 92.6 Å². The van der Waals surface area contributed by atoms with E-state index in [4.69, 9.17) is 0 Å². The van der Waals surface area contributed by atoms with Crippen molar-refractivity contribution in [3.05, 3.63) is 28.4 Å². The van der Waals surface area contributed by atoms with Gasteiger partial charge in [-0.25, -0.2) is 9.97 Å². The van der Waals surface area contributed by atoms with Crippen LogP contribution in [0, 0.1) is 0 Å². The Kier molecular flexibility index (Phi) is 3.91. The first-order valence-electron chi connectivity index (χ1n) is 5.77. The maximum Gasteiger partial charge on any atom is 0.306 e. The van der Waals surface area contributed by atoms with E-state index in [9.17, 15) is 9.59 Å². The summed E-state index contributed by atoms with van der Waals surface area (Å²) in [5, 5.41) is 2.67. The molecule has 0 atom stereocenters. The minimum atomic E-state index is -0.261. The molecule has 2 rings (SSSR count). The molecule has 0 saturated heterocycles. The number of H-pyrrole nitrogens is 1. The minimum absolute atomic E-state index is 0.209. The molecule has 102 valence electrons. The van der Waals surface area contributed by atoms with E-state index >= 15 is 0 Å². The Hall–Kier alpha value is -2.22. The average Bonchev–Trinajstić information content (AvgIpc) is 2.84. The summed E-state index contributed by atoms with van der Waals surface area (Å²) >= 11 is 0. The van der Waals surface area contributed by atoms with Gasteiger partial charge in [0, 0.05) is 19.2 Å². The van der Waals surface area contributed by atoms with Gasteiger partial charge in [-0.2, -0.15) is 4.52 Å². The van der Waals surface area contributed by atoms with Crippen molar-refractivity contribution in [1.82, 2.24) is 24.5 Å². The lowest BCUT2D eigenvalue weighted by atomic mass is 10.3. The number of nitrogens with one attached hydrogen (secondary N) is 1. The lowest BCUT2D eigenvalue weighted by Crippen LogP contribution is -2.24. The van der Waals surface area contributed by atoms with E-state index in [0.29, 0.717) is 31.0 Å². The Morgan fingerprint density at radius 3 is 3.11 bits per heavy atom. The van der Waals surface area contributed by atoms with Gasteiger partial charge in [0.1, 0.15) is 6.33 Å². The summed E-state index contributed by atoms with van der Waals surface area (Å²) in [6.45, 7) is 1.00. The zero-order valence-corrected chi connectivity index (χ0v) is 10.8. The first-order chi connectivity index (χ1) is 9.10. The first-order valence-corrected chi connectivity index (χ1v) is 5.77. The predicted molar refractivity (Wildman–Crippen MR) is 66.6 cm³/mol. The Labute approximate surface area is 109 Å². The number of esters is 1. The van der Waals surface area contributed by atoms with Gasteiger partial charge in [0.25, 0.3) is 11.3 Å². The zero-order valence-electron chi connectivity index (χ0n) is 10.8. The van der Waals surface area contributed by atoms with Crippen molar-refractivity contribution in [1.29, 1.82) is 0 Å². The molecule has 0 aromatic carbocycles. The van der Waals surface area contributed by atoms with Gasteiger partial charge in [-0.3, -0.25) is 19.6 Å². The quantitative estimate of drug-likeness (QED) is 0.727. The summed E-state index contributed by atoms with van der Waals surface area (Å²) in [4.78, 5) is 32.8. The van der Waals surface area contributed by atoms with E-state index < -0.39 is 0 Å². The molecule has 8 heteroatoms. The van der Waals surface area contributed by atoms with Gasteiger partial charge < -0.3 is 4.74 Å². The highest BCUT2D eigenvalue weighted by Gasteiger charge is 2.08. The summed E-state index contributed by atoms with van der Waals surface area (Å²) in [7, 11) is 3.20. The number of aromatic nitrogens is 4. The van der Waals surface area contributed by atoms with E-state index in [1.54, 1.807) is 0 Å².